The Morgan fingerprint density at radius 2 is 2.00 bits per heavy atom. The highest BCUT2D eigenvalue weighted by Crippen LogP contribution is 2.26. The molecule has 1 atom stereocenters. The number of carbonyl (C=O) groups is 1. The van der Waals surface area contributed by atoms with Gasteiger partial charge in [0.25, 0.3) is 11.5 Å². The predicted octanol–water partition coefficient (Wildman–Crippen LogP) is 3.23. The zero-order chi connectivity index (χ0) is 18.7. The molecule has 6 nitrogen and oxygen atoms in total. The van der Waals surface area contributed by atoms with Crippen molar-refractivity contribution in [3.8, 4) is 5.75 Å². The summed E-state index contributed by atoms with van der Waals surface area (Å²) in [6.07, 6.45) is 2.19. The number of halogens is 3. The van der Waals surface area contributed by atoms with Gasteiger partial charge in [-0.1, -0.05) is 0 Å². The minimum atomic E-state index is -3.80. The first-order chi connectivity index (χ1) is 12.3. The molecule has 1 fully saturated rings. The van der Waals surface area contributed by atoms with Crippen LogP contribution in [0.5, 0.6) is 5.75 Å². The van der Waals surface area contributed by atoms with Crippen LogP contribution in [0.15, 0.2) is 47.4 Å². The van der Waals surface area contributed by atoms with Crippen molar-refractivity contribution in [2.45, 2.75) is 18.0 Å². The first-order valence-corrected chi connectivity index (χ1v) is 8.17. The van der Waals surface area contributed by atoms with Gasteiger partial charge in [0.15, 0.2) is 0 Å². The fourth-order valence-electron chi connectivity index (χ4n) is 2.61. The minimum Gasteiger partial charge on any atom is -0.420 e. The molecule has 9 heteroatoms. The number of anilines is 1. The lowest BCUT2D eigenvalue weighted by molar-refractivity contribution is -0.0964. The molecule has 1 aliphatic heterocycles. The van der Waals surface area contributed by atoms with E-state index < -0.39 is 11.5 Å². The third kappa shape index (κ3) is 4.59. The Morgan fingerprint density at radius 3 is 2.62 bits per heavy atom. The average Bonchev–Trinajstić information content (AvgIpc) is 3.10. The largest absolute Gasteiger partial charge is 0.487 e. The standard InChI is InChI=1S/C17H15ClF2N2O4/c18-17(19,20)26-14-4-2-12(3-5-14)21-16(24)11-1-6-15(23)22(9-11)13-7-8-25-10-13/h1-6,9,13H,7-8,10H2,(H,21,24)/t13-/m1/s1. The van der Waals surface area contributed by atoms with Gasteiger partial charge in [0.1, 0.15) is 5.75 Å². The fourth-order valence-corrected chi connectivity index (χ4v) is 2.70. The van der Waals surface area contributed by atoms with Crippen molar-refractivity contribution < 1.29 is 23.0 Å². The molecule has 1 aliphatic rings. The molecule has 2 heterocycles. The second-order valence-electron chi connectivity index (χ2n) is 5.71. The lowest BCUT2D eigenvalue weighted by Crippen LogP contribution is -2.26. The van der Waals surface area contributed by atoms with Gasteiger partial charge in [-0.2, -0.15) is 0 Å². The third-order valence-corrected chi connectivity index (χ3v) is 3.92. The average molecular weight is 385 g/mol. The summed E-state index contributed by atoms with van der Waals surface area (Å²) in [6.45, 7) is 1.00. The Balaban J connectivity index is 1.72. The maximum atomic E-state index is 12.6. The number of ether oxygens (including phenoxy) is 2. The second kappa shape index (κ2) is 7.43. The summed E-state index contributed by atoms with van der Waals surface area (Å²) in [6, 6.07) is 7.96. The molecule has 138 valence electrons. The van der Waals surface area contributed by atoms with Gasteiger partial charge in [-0.25, -0.2) is 0 Å². The van der Waals surface area contributed by atoms with E-state index in [2.05, 4.69) is 10.1 Å². The highest BCUT2D eigenvalue weighted by atomic mass is 35.5. The van der Waals surface area contributed by atoms with E-state index in [9.17, 15) is 18.4 Å². The molecule has 3 rings (SSSR count). The smallest absolute Gasteiger partial charge is 0.420 e. The Hall–Kier alpha value is -2.45. The molecule has 1 N–H and O–H groups in total. The van der Waals surface area contributed by atoms with Crippen molar-refractivity contribution in [1.29, 1.82) is 0 Å². The topological polar surface area (TPSA) is 69.6 Å². The summed E-state index contributed by atoms with van der Waals surface area (Å²) in [7, 11) is 0. The summed E-state index contributed by atoms with van der Waals surface area (Å²) in [5.41, 5.74) is -3.34. The highest BCUT2D eigenvalue weighted by molar-refractivity contribution is 6.20. The Bertz CT molecular complexity index is 843. The third-order valence-electron chi connectivity index (χ3n) is 3.85. The lowest BCUT2D eigenvalue weighted by atomic mass is 10.2. The van der Waals surface area contributed by atoms with Gasteiger partial charge in [-0.15, -0.1) is 8.78 Å². The predicted molar refractivity (Wildman–Crippen MR) is 91.0 cm³/mol. The van der Waals surface area contributed by atoms with E-state index in [0.29, 0.717) is 30.9 Å². The van der Waals surface area contributed by atoms with Gasteiger partial charge in [0.2, 0.25) is 0 Å². The molecule has 0 radical (unpaired) electrons. The van der Waals surface area contributed by atoms with Crippen molar-refractivity contribution >= 4 is 23.2 Å². The Labute approximate surface area is 152 Å². The number of pyridine rings is 1. The van der Waals surface area contributed by atoms with E-state index >= 15 is 0 Å². The molecule has 1 amide bonds. The van der Waals surface area contributed by atoms with Gasteiger partial charge in [-0.05, 0) is 36.8 Å². The van der Waals surface area contributed by atoms with E-state index in [1.54, 1.807) is 0 Å². The molecule has 2 aromatic rings. The van der Waals surface area contributed by atoms with Gasteiger partial charge >= 0.3 is 5.57 Å². The van der Waals surface area contributed by atoms with Crippen LogP contribution in [0.4, 0.5) is 14.5 Å². The molecule has 1 aromatic heterocycles. The van der Waals surface area contributed by atoms with Crippen molar-refractivity contribution in [2.75, 3.05) is 18.5 Å². The van der Waals surface area contributed by atoms with Crippen molar-refractivity contribution in [3.63, 3.8) is 0 Å². The zero-order valence-electron chi connectivity index (χ0n) is 13.5. The number of nitrogens with one attached hydrogen (secondary N) is 1. The van der Waals surface area contributed by atoms with Gasteiger partial charge < -0.3 is 19.4 Å². The summed E-state index contributed by atoms with van der Waals surface area (Å²) in [5, 5.41) is 2.62. The minimum absolute atomic E-state index is 0.0936. The monoisotopic (exact) mass is 384 g/mol. The van der Waals surface area contributed by atoms with E-state index in [1.807, 2.05) is 0 Å². The van der Waals surface area contributed by atoms with E-state index in [-0.39, 0.29) is 17.4 Å². The maximum Gasteiger partial charge on any atom is 0.487 e. The van der Waals surface area contributed by atoms with Crippen LogP contribution in [0.2, 0.25) is 0 Å². The number of amides is 1. The number of aromatic nitrogens is 1. The molecule has 1 saturated heterocycles. The number of benzene rings is 1. The van der Waals surface area contributed by atoms with Crippen LogP contribution in [0, 0.1) is 0 Å². The van der Waals surface area contributed by atoms with Crippen molar-refractivity contribution in [2.24, 2.45) is 0 Å². The fraction of sp³-hybridized carbons (Fsp3) is 0.294. The maximum absolute atomic E-state index is 12.6. The number of rotatable bonds is 5. The first-order valence-electron chi connectivity index (χ1n) is 7.79. The van der Waals surface area contributed by atoms with Crippen LogP contribution in [-0.2, 0) is 4.74 Å². The molecule has 26 heavy (non-hydrogen) atoms. The summed E-state index contributed by atoms with van der Waals surface area (Å²) in [4.78, 5) is 24.4. The quantitative estimate of drug-likeness (QED) is 0.803. The molecular formula is C17H15ClF2N2O4. The SMILES string of the molecule is O=C(Nc1ccc(OC(F)(F)Cl)cc1)c1ccc(=O)n([C@@H]2CCOC2)c1. The number of carbonyl (C=O) groups excluding carboxylic acids is 1. The van der Waals surface area contributed by atoms with E-state index in [1.165, 1.54) is 47.2 Å². The normalized spacial score (nSPS) is 17.1. The van der Waals surface area contributed by atoms with Crippen LogP contribution in [0.1, 0.15) is 22.8 Å². The van der Waals surface area contributed by atoms with Crippen molar-refractivity contribution in [3.05, 3.63) is 58.5 Å². The number of alkyl halides is 3. The molecule has 0 spiro atoms. The lowest BCUT2D eigenvalue weighted by Gasteiger charge is -2.14. The Morgan fingerprint density at radius 1 is 1.27 bits per heavy atom. The van der Waals surface area contributed by atoms with Crippen LogP contribution in [0.3, 0.4) is 0 Å². The van der Waals surface area contributed by atoms with Gasteiger partial charge in [0.05, 0.1) is 18.2 Å². The van der Waals surface area contributed by atoms with E-state index in [0.717, 1.165) is 0 Å². The number of hydrogen-bond acceptors (Lipinski definition) is 4. The highest BCUT2D eigenvalue weighted by Gasteiger charge is 2.27. The molecular weight excluding hydrogens is 370 g/mol. The number of hydrogen-bond donors (Lipinski definition) is 1. The van der Waals surface area contributed by atoms with Crippen LogP contribution in [-0.4, -0.2) is 29.3 Å². The van der Waals surface area contributed by atoms with Gasteiger partial charge in [-0.3, -0.25) is 9.59 Å². The van der Waals surface area contributed by atoms with Gasteiger partial charge in [0, 0.05) is 36.2 Å². The first kappa shape index (κ1) is 18.3. The number of nitrogens with zero attached hydrogens (tertiary/aromatic N) is 1. The summed E-state index contributed by atoms with van der Waals surface area (Å²) < 4.78 is 36.1. The molecule has 0 aliphatic carbocycles. The van der Waals surface area contributed by atoms with Crippen LogP contribution < -0.4 is 15.6 Å². The molecule has 0 saturated carbocycles. The second-order valence-corrected chi connectivity index (χ2v) is 6.15. The summed E-state index contributed by atoms with van der Waals surface area (Å²) >= 11 is 4.69. The zero-order valence-corrected chi connectivity index (χ0v) is 14.2. The van der Waals surface area contributed by atoms with E-state index in [4.69, 9.17) is 16.3 Å². The van der Waals surface area contributed by atoms with Crippen LogP contribution >= 0.6 is 11.6 Å². The molecule has 1 aromatic carbocycles. The van der Waals surface area contributed by atoms with Crippen LogP contribution in [0.25, 0.3) is 0 Å². The van der Waals surface area contributed by atoms with Crippen molar-refractivity contribution in [1.82, 2.24) is 4.57 Å². The molecule has 0 unspecified atom stereocenters. The summed E-state index contributed by atoms with van der Waals surface area (Å²) in [5.74, 6) is -0.577. The molecule has 0 bridgehead atoms. The Kier molecular flexibility index (Phi) is 5.24.